The summed E-state index contributed by atoms with van der Waals surface area (Å²) in [5, 5.41) is 3.29. The third-order valence-corrected chi connectivity index (χ3v) is 3.66. The minimum Gasteiger partial charge on any atom is -0.349 e. The van der Waals surface area contributed by atoms with E-state index in [2.05, 4.69) is 40.1 Å². The molecule has 1 heterocycles. The molecule has 0 bridgehead atoms. The lowest BCUT2D eigenvalue weighted by molar-refractivity contribution is 0.0932. The minimum atomic E-state index is -0.145. The van der Waals surface area contributed by atoms with Crippen molar-refractivity contribution >= 4 is 33.4 Å². The number of hydrogen-bond donors (Lipinski definition) is 1. The van der Waals surface area contributed by atoms with E-state index in [9.17, 15) is 4.79 Å². The summed E-state index contributed by atoms with van der Waals surface area (Å²) in [6.07, 6.45) is 6.89. The van der Waals surface area contributed by atoms with Gasteiger partial charge in [0.2, 0.25) is 0 Å². The fourth-order valence-corrected chi connectivity index (χ4v) is 2.45. The van der Waals surface area contributed by atoms with Crippen LogP contribution < -0.4 is 5.32 Å². The summed E-state index contributed by atoms with van der Waals surface area (Å²) in [6.45, 7) is 4.28. The molecule has 0 aromatic carbocycles. The molecule has 1 aromatic rings. The number of carbonyl (C=O) groups excluding carboxylic acids is 1. The molecule has 1 amide bonds. The van der Waals surface area contributed by atoms with Gasteiger partial charge in [-0.05, 0) is 34.8 Å². The number of hydrogen-bond acceptors (Lipinski definition) is 2. The van der Waals surface area contributed by atoms with Gasteiger partial charge in [-0.1, -0.05) is 44.7 Å². The lowest BCUT2D eigenvalue weighted by atomic mass is 10.0. The molecule has 1 rings (SSSR count). The van der Waals surface area contributed by atoms with E-state index in [0.717, 1.165) is 36.6 Å². The van der Waals surface area contributed by atoms with Crippen molar-refractivity contribution in [3.63, 3.8) is 0 Å². The second kappa shape index (κ2) is 8.54. The number of nitrogens with zero attached hydrogens (tertiary/aromatic N) is 1. The highest BCUT2D eigenvalue weighted by Crippen LogP contribution is 2.18. The standard InChI is InChI=1S/C14H20BrClN2O/c1-3-5-7-11(6-4-2)18-14(19)12-8-10(15)9-17-13(12)16/h8-9,11H,3-7H2,1-2H3,(H,18,19). The number of nitrogens with one attached hydrogen (secondary N) is 1. The average Bonchev–Trinajstić information content (AvgIpc) is 2.39. The molecule has 0 radical (unpaired) electrons. The summed E-state index contributed by atoms with van der Waals surface area (Å²) in [7, 11) is 0. The zero-order valence-electron chi connectivity index (χ0n) is 11.4. The van der Waals surface area contributed by atoms with E-state index in [4.69, 9.17) is 11.6 Å². The third kappa shape index (κ3) is 5.49. The molecular formula is C14H20BrClN2O. The van der Waals surface area contributed by atoms with Crippen LogP contribution in [0.5, 0.6) is 0 Å². The zero-order valence-corrected chi connectivity index (χ0v) is 13.7. The van der Waals surface area contributed by atoms with E-state index < -0.39 is 0 Å². The molecule has 0 spiro atoms. The summed E-state index contributed by atoms with van der Waals surface area (Å²) in [5.74, 6) is -0.145. The summed E-state index contributed by atoms with van der Waals surface area (Å²) >= 11 is 9.27. The van der Waals surface area contributed by atoms with Crippen LogP contribution in [0.3, 0.4) is 0 Å². The molecule has 19 heavy (non-hydrogen) atoms. The Hall–Kier alpha value is -0.610. The first-order valence-electron chi connectivity index (χ1n) is 6.70. The van der Waals surface area contributed by atoms with Crippen LogP contribution in [0, 0.1) is 0 Å². The Bertz CT molecular complexity index is 426. The van der Waals surface area contributed by atoms with E-state index in [1.54, 1.807) is 12.3 Å². The van der Waals surface area contributed by atoms with Crippen LogP contribution in [0.4, 0.5) is 0 Å². The average molecular weight is 348 g/mol. The maximum atomic E-state index is 12.2. The van der Waals surface area contributed by atoms with Crippen molar-refractivity contribution in [3.8, 4) is 0 Å². The first-order valence-corrected chi connectivity index (χ1v) is 7.87. The van der Waals surface area contributed by atoms with Gasteiger partial charge in [-0.15, -0.1) is 0 Å². The molecule has 1 unspecified atom stereocenters. The fourth-order valence-electron chi connectivity index (χ4n) is 1.93. The molecule has 0 saturated heterocycles. The normalized spacial score (nSPS) is 12.2. The Morgan fingerprint density at radius 1 is 1.42 bits per heavy atom. The van der Waals surface area contributed by atoms with Gasteiger partial charge in [-0.3, -0.25) is 4.79 Å². The maximum absolute atomic E-state index is 12.2. The van der Waals surface area contributed by atoms with E-state index in [1.807, 2.05) is 0 Å². The number of aromatic nitrogens is 1. The topological polar surface area (TPSA) is 42.0 Å². The van der Waals surface area contributed by atoms with Crippen LogP contribution in [-0.4, -0.2) is 16.9 Å². The predicted molar refractivity (Wildman–Crippen MR) is 82.6 cm³/mol. The van der Waals surface area contributed by atoms with E-state index in [1.165, 1.54) is 0 Å². The molecule has 0 aliphatic heterocycles. The molecule has 0 fully saturated rings. The van der Waals surface area contributed by atoms with Crippen molar-refractivity contribution in [2.75, 3.05) is 0 Å². The van der Waals surface area contributed by atoms with Gasteiger partial charge in [0, 0.05) is 16.7 Å². The molecule has 1 aromatic heterocycles. The zero-order chi connectivity index (χ0) is 14.3. The van der Waals surface area contributed by atoms with Gasteiger partial charge in [0.05, 0.1) is 5.56 Å². The van der Waals surface area contributed by atoms with Crippen LogP contribution in [0.2, 0.25) is 5.15 Å². The van der Waals surface area contributed by atoms with Crippen molar-refractivity contribution in [2.45, 2.75) is 52.0 Å². The molecule has 0 saturated carbocycles. The van der Waals surface area contributed by atoms with Crippen molar-refractivity contribution in [3.05, 3.63) is 27.5 Å². The number of amides is 1. The van der Waals surface area contributed by atoms with Crippen molar-refractivity contribution in [1.82, 2.24) is 10.3 Å². The maximum Gasteiger partial charge on any atom is 0.254 e. The molecule has 106 valence electrons. The van der Waals surface area contributed by atoms with Crippen LogP contribution in [0.1, 0.15) is 56.3 Å². The number of unbranched alkanes of at least 4 members (excludes halogenated alkanes) is 1. The minimum absolute atomic E-state index is 0.145. The lowest BCUT2D eigenvalue weighted by Crippen LogP contribution is -2.35. The lowest BCUT2D eigenvalue weighted by Gasteiger charge is -2.18. The molecule has 0 aliphatic carbocycles. The molecule has 0 aliphatic rings. The molecule has 1 atom stereocenters. The molecule has 1 N–H and O–H groups in total. The second-order valence-electron chi connectivity index (χ2n) is 4.59. The van der Waals surface area contributed by atoms with Crippen LogP contribution in [0.15, 0.2) is 16.7 Å². The third-order valence-electron chi connectivity index (χ3n) is 2.93. The molecule has 3 nitrogen and oxygen atoms in total. The summed E-state index contributed by atoms with van der Waals surface area (Å²) < 4.78 is 0.752. The summed E-state index contributed by atoms with van der Waals surface area (Å²) in [6, 6.07) is 1.92. The van der Waals surface area contributed by atoms with E-state index in [0.29, 0.717) is 5.56 Å². The van der Waals surface area contributed by atoms with Crippen LogP contribution >= 0.6 is 27.5 Å². The Morgan fingerprint density at radius 3 is 2.79 bits per heavy atom. The number of carbonyl (C=O) groups is 1. The van der Waals surface area contributed by atoms with E-state index >= 15 is 0 Å². The fraction of sp³-hybridized carbons (Fsp3) is 0.571. The van der Waals surface area contributed by atoms with Gasteiger partial charge in [0.1, 0.15) is 5.15 Å². The Labute approximate surface area is 128 Å². The number of rotatable bonds is 7. The quantitative estimate of drug-likeness (QED) is 0.733. The Kier molecular flexibility index (Phi) is 7.39. The second-order valence-corrected chi connectivity index (χ2v) is 5.87. The van der Waals surface area contributed by atoms with Gasteiger partial charge in [0.25, 0.3) is 5.91 Å². The summed E-state index contributed by atoms with van der Waals surface area (Å²) in [5.41, 5.74) is 0.425. The monoisotopic (exact) mass is 346 g/mol. The van der Waals surface area contributed by atoms with Crippen molar-refractivity contribution in [2.24, 2.45) is 0 Å². The van der Waals surface area contributed by atoms with Gasteiger partial charge >= 0.3 is 0 Å². The van der Waals surface area contributed by atoms with Gasteiger partial charge in [0.15, 0.2) is 0 Å². The van der Waals surface area contributed by atoms with Crippen molar-refractivity contribution < 1.29 is 4.79 Å². The van der Waals surface area contributed by atoms with Crippen LogP contribution in [-0.2, 0) is 0 Å². The predicted octanol–water partition coefficient (Wildman–Crippen LogP) is 4.59. The smallest absolute Gasteiger partial charge is 0.254 e. The number of halogens is 2. The first-order chi connectivity index (χ1) is 9.08. The van der Waals surface area contributed by atoms with Gasteiger partial charge in [-0.25, -0.2) is 4.98 Å². The first kappa shape index (κ1) is 16.4. The summed E-state index contributed by atoms with van der Waals surface area (Å²) in [4.78, 5) is 16.2. The van der Waals surface area contributed by atoms with E-state index in [-0.39, 0.29) is 17.1 Å². The highest BCUT2D eigenvalue weighted by atomic mass is 79.9. The molecular weight excluding hydrogens is 328 g/mol. The SMILES string of the molecule is CCCCC(CCC)NC(=O)c1cc(Br)cnc1Cl. The Morgan fingerprint density at radius 2 is 2.16 bits per heavy atom. The van der Waals surface area contributed by atoms with Crippen LogP contribution in [0.25, 0.3) is 0 Å². The van der Waals surface area contributed by atoms with Gasteiger partial charge < -0.3 is 5.32 Å². The largest absolute Gasteiger partial charge is 0.349 e. The number of pyridine rings is 1. The molecule has 5 heteroatoms. The Balaban J connectivity index is 2.72. The highest BCUT2D eigenvalue weighted by molar-refractivity contribution is 9.10. The van der Waals surface area contributed by atoms with Crippen molar-refractivity contribution in [1.29, 1.82) is 0 Å². The van der Waals surface area contributed by atoms with Gasteiger partial charge in [-0.2, -0.15) is 0 Å². The highest BCUT2D eigenvalue weighted by Gasteiger charge is 2.16.